The third kappa shape index (κ3) is 2.82. The molecule has 2 saturated heterocycles. The van der Waals surface area contributed by atoms with E-state index in [2.05, 4.69) is 28.2 Å². The molecule has 1 saturated carbocycles. The Kier molecular flexibility index (Phi) is 3.98. The van der Waals surface area contributed by atoms with Crippen molar-refractivity contribution in [3.8, 4) is 0 Å². The summed E-state index contributed by atoms with van der Waals surface area (Å²) in [7, 11) is 0. The molecule has 4 unspecified atom stereocenters. The van der Waals surface area contributed by atoms with E-state index < -0.39 is 0 Å². The van der Waals surface area contributed by atoms with Crippen LogP contribution in [0.2, 0.25) is 0 Å². The van der Waals surface area contributed by atoms with Crippen molar-refractivity contribution in [1.29, 1.82) is 0 Å². The van der Waals surface area contributed by atoms with Crippen LogP contribution in [0.4, 0.5) is 0 Å². The van der Waals surface area contributed by atoms with Crippen molar-refractivity contribution in [2.75, 3.05) is 19.3 Å². The quantitative estimate of drug-likeness (QED) is 0.833. The van der Waals surface area contributed by atoms with E-state index in [0.717, 1.165) is 23.4 Å². The molecule has 0 bridgehead atoms. The first-order chi connectivity index (χ1) is 8.35. The van der Waals surface area contributed by atoms with E-state index in [1.165, 1.54) is 58.0 Å². The van der Waals surface area contributed by atoms with Crippen molar-refractivity contribution < 1.29 is 0 Å². The van der Waals surface area contributed by atoms with Crippen molar-refractivity contribution >= 4 is 11.8 Å². The summed E-state index contributed by atoms with van der Waals surface area (Å²) in [6.07, 6.45) is 12.2. The van der Waals surface area contributed by atoms with E-state index in [1.54, 1.807) is 0 Å². The maximum absolute atomic E-state index is 3.95. The van der Waals surface area contributed by atoms with Crippen LogP contribution >= 0.6 is 11.8 Å². The van der Waals surface area contributed by atoms with Gasteiger partial charge in [0, 0.05) is 23.4 Å². The molecule has 2 nitrogen and oxygen atoms in total. The van der Waals surface area contributed by atoms with Gasteiger partial charge in [0.25, 0.3) is 0 Å². The SMILES string of the molecule is CSC1CCC(NC2CCN3CCCC3C2)C1. The molecule has 0 aromatic rings. The first-order valence-electron chi connectivity index (χ1n) is 7.38. The molecule has 17 heavy (non-hydrogen) atoms. The maximum atomic E-state index is 3.95. The Bertz CT molecular complexity index is 259. The fourth-order valence-corrected chi connectivity index (χ4v) is 4.81. The summed E-state index contributed by atoms with van der Waals surface area (Å²) in [5, 5.41) is 4.88. The van der Waals surface area contributed by atoms with Crippen LogP contribution in [0.15, 0.2) is 0 Å². The van der Waals surface area contributed by atoms with E-state index in [4.69, 9.17) is 0 Å². The number of nitrogens with one attached hydrogen (secondary N) is 1. The molecule has 2 aliphatic heterocycles. The molecular formula is C14H26N2S. The van der Waals surface area contributed by atoms with Crippen molar-refractivity contribution in [3.05, 3.63) is 0 Å². The Balaban J connectivity index is 1.46. The molecule has 0 amide bonds. The molecule has 3 aliphatic rings. The molecule has 1 N–H and O–H groups in total. The summed E-state index contributed by atoms with van der Waals surface area (Å²) in [4.78, 5) is 2.72. The zero-order valence-corrected chi connectivity index (χ0v) is 11.8. The Morgan fingerprint density at radius 3 is 2.71 bits per heavy atom. The number of hydrogen-bond acceptors (Lipinski definition) is 3. The minimum absolute atomic E-state index is 0.819. The van der Waals surface area contributed by atoms with Crippen LogP contribution in [0, 0.1) is 0 Å². The number of fused-ring (bicyclic) bond motifs is 1. The molecule has 4 atom stereocenters. The van der Waals surface area contributed by atoms with Gasteiger partial charge in [0.15, 0.2) is 0 Å². The lowest BCUT2D eigenvalue weighted by molar-refractivity contribution is 0.161. The van der Waals surface area contributed by atoms with E-state index in [0.29, 0.717) is 0 Å². The van der Waals surface area contributed by atoms with Gasteiger partial charge in [0.1, 0.15) is 0 Å². The van der Waals surface area contributed by atoms with E-state index in [9.17, 15) is 0 Å². The highest BCUT2D eigenvalue weighted by Gasteiger charge is 2.33. The molecule has 0 aromatic carbocycles. The average molecular weight is 254 g/mol. The molecule has 3 rings (SSSR count). The van der Waals surface area contributed by atoms with Gasteiger partial charge < -0.3 is 10.2 Å². The van der Waals surface area contributed by atoms with Crippen LogP contribution in [-0.4, -0.2) is 47.6 Å². The van der Waals surface area contributed by atoms with Crippen molar-refractivity contribution in [2.45, 2.75) is 68.3 Å². The van der Waals surface area contributed by atoms with Crippen molar-refractivity contribution in [2.24, 2.45) is 0 Å². The van der Waals surface area contributed by atoms with Crippen LogP contribution in [0.3, 0.4) is 0 Å². The monoisotopic (exact) mass is 254 g/mol. The molecular weight excluding hydrogens is 228 g/mol. The normalized spacial score (nSPS) is 42.9. The average Bonchev–Trinajstić information content (AvgIpc) is 2.96. The third-order valence-electron chi connectivity index (χ3n) is 5.01. The molecule has 98 valence electrons. The zero-order chi connectivity index (χ0) is 11.7. The lowest BCUT2D eigenvalue weighted by atomic mass is 9.96. The van der Waals surface area contributed by atoms with Gasteiger partial charge in [-0.3, -0.25) is 0 Å². The smallest absolute Gasteiger partial charge is 0.0111 e. The van der Waals surface area contributed by atoms with Gasteiger partial charge in [-0.05, 0) is 64.3 Å². The predicted octanol–water partition coefficient (Wildman–Crippen LogP) is 2.49. The van der Waals surface area contributed by atoms with Gasteiger partial charge in [-0.15, -0.1) is 0 Å². The molecule has 0 aromatic heterocycles. The third-order valence-corrected chi connectivity index (χ3v) is 6.10. The first kappa shape index (κ1) is 12.3. The van der Waals surface area contributed by atoms with Gasteiger partial charge in [0.2, 0.25) is 0 Å². The van der Waals surface area contributed by atoms with E-state index in [1.807, 2.05) is 0 Å². The fourth-order valence-electron chi connectivity index (χ4n) is 4.01. The van der Waals surface area contributed by atoms with Crippen LogP contribution in [0.1, 0.15) is 44.9 Å². The highest BCUT2D eigenvalue weighted by atomic mass is 32.2. The zero-order valence-electron chi connectivity index (χ0n) is 11.0. The largest absolute Gasteiger partial charge is 0.311 e. The lowest BCUT2D eigenvalue weighted by Gasteiger charge is -2.36. The Morgan fingerprint density at radius 2 is 1.88 bits per heavy atom. The van der Waals surface area contributed by atoms with E-state index in [-0.39, 0.29) is 0 Å². The number of thioether (sulfide) groups is 1. The van der Waals surface area contributed by atoms with Gasteiger partial charge in [0.05, 0.1) is 0 Å². The van der Waals surface area contributed by atoms with Crippen LogP contribution < -0.4 is 5.32 Å². The molecule has 2 heterocycles. The summed E-state index contributed by atoms with van der Waals surface area (Å²) >= 11 is 2.07. The van der Waals surface area contributed by atoms with Gasteiger partial charge in [-0.2, -0.15) is 11.8 Å². The highest BCUT2D eigenvalue weighted by molar-refractivity contribution is 7.99. The van der Waals surface area contributed by atoms with Gasteiger partial charge in [-0.1, -0.05) is 0 Å². The van der Waals surface area contributed by atoms with Crippen LogP contribution in [0.25, 0.3) is 0 Å². The molecule has 0 spiro atoms. The first-order valence-corrected chi connectivity index (χ1v) is 8.67. The Morgan fingerprint density at radius 1 is 1.00 bits per heavy atom. The van der Waals surface area contributed by atoms with Gasteiger partial charge in [-0.25, -0.2) is 0 Å². The second-order valence-corrected chi connectivity index (χ2v) is 7.23. The second-order valence-electron chi connectivity index (χ2n) is 6.09. The predicted molar refractivity (Wildman–Crippen MR) is 75.7 cm³/mol. The minimum Gasteiger partial charge on any atom is -0.311 e. The van der Waals surface area contributed by atoms with Gasteiger partial charge >= 0.3 is 0 Å². The topological polar surface area (TPSA) is 15.3 Å². The number of rotatable bonds is 3. The lowest BCUT2D eigenvalue weighted by Crippen LogP contribution is -2.48. The molecule has 0 radical (unpaired) electrons. The van der Waals surface area contributed by atoms with Crippen molar-refractivity contribution in [1.82, 2.24) is 10.2 Å². The maximum Gasteiger partial charge on any atom is 0.0111 e. The summed E-state index contributed by atoms with van der Waals surface area (Å²) < 4.78 is 0. The highest BCUT2D eigenvalue weighted by Crippen LogP contribution is 2.31. The summed E-state index contributed by atoms with van der Waals surface area (Å²) in [5.74, 6) is 0. The molecule has 1 aliphatic carbocycles. The molecule has 3 heteroatoms. The van der Waals surface area contributed by atoms with Crippen molar-refractivity contribution in [3.63, 3.8) is 0 Å². The Labute approximate surface area is 110 Å². The number of nitrogens with zero attached hydrogens (tertiary/aromatic N) is 1. The Hall–Kier alpha value is 0.270. The number of piperidine rings is 1. The summed E-state index contributed by atoms with van der Waals surface area (Å²) in [6.45, 7) is 2.72. The van der Waals surface area contributed by atoms with Crippen LogP contribution in [-0.2, 0) is 0 Å². The summed E-state index contributed by atoms with van der Waals surface area (Å²) in [5.41, 5.74) is 0. The molecule has 3 fully saturated rings. The standard InChI is InChI=1S/C14H26N2S/c1-17-14-5-4-11(10-14)15-12-6-8-16-7-2-3-13(16)9-12/h11-15H,2-10H2,1H3. The fraction of sp³-hybridized carbons (Fsp3) is 1.00. The summed E-state index contributed by atoms with van der Waals surface area (Å²) in [6, 6.07) is 2.56. The van der Waals surface area contributed by atoms with Crippen LogP contribution in [0.5, 0.6) is 0 Å². The number of hydrogen-bond donors (Lipinski definition) is 1. The second kappa shape index (κ2) is 5.50. The van der Waals surface area contributed by atoms with E-state index >= 15 is 0 Å². The minimum atomic E-state index is 0.819.